The number of ether oxygens (including phenoxy) is 2. The molecule has 5 heteroatoms. The summed E-state index contributed by atoms with van der Waals surface area (Å²) in [5.41, 5.74) is 8.22. The average molecular weight is 301 g/mol. The van der Waals surface area contributed by atoms with Crippen LogP contribution in [0.15, 0.2) is 42.5 Å². The van der Waals surface area contributed by atoms with Crippen molar-refractivity contribution in [1.82, 2.24) is 0 Å². The first kappa shape index (κ1) is 15.9. The van der Waals surface area contributed by atoms with Gasteiger partial charge in [0.2, 0.25) is 0 Å². The first-order chi connectivity index (χ1) is 10.6. The molecule has 2 rings (SSSR count). The topological polar surface area (TPSA) is 81.8 Å². The Morgan fingerprint density at radius 2 is 1.82 bits per heavy atom. The molecule has 0 saturated carbocycles. The van der Waals surface area contributed by atoms with Crippen LogP contribution in [0.1, 0.15) is 5.56 Å². The number of carboxylic acid groups (broad SMARTS) is 1. The summed E-state index contributed by atoms with van der Waals surface area (Å²) in [5, 5.41) is 9.05. The maximum Gasteiger partial charge on any atom is 0.320 e. The largest absolute Gasteiger partial charge is 0.493 e. The van der Waals surface area contributed by atoms with Crippen molar-refractivity contribution in [3.63, 3.8) is 0 Å². The summed E-state index contributed by atoms with van der Waals surface area (Å²) in [5.74, 6) is 0.131. The number of hydrogen-bond donors (Lipinski definition) is 2. The maximum atomic E-state index is 11.0. The lowest BCUT2D eigenvalue weighted by atomic mass is 9.94. The Hall–Kier alpha value is -2.53. The summed E-state index contributed by atoms with van der Waals surface area (Å²) in [6, 6.07) is 12.2. The molecule has 1 atom stereocenters. The monoisotopic (exact) mass is 301 g/mol. The average Bonchev–Trinajstić information content (AvgIpc) is 2.54. The molecular formula is C17H19NO4. The van der Waals surface area contributed by atoms with Gasteiger partial charge in [-0.3, -0.25) is 4.79 Å². The highest BCUT2D eigenvalue weighted by molar-refractivity contribution is 5.79. The van der Waals surface area contributed by atoms with E-state index < -0.39 is 12.0 Å². The molecule has 0 fully saturated rings. The van der Waals surface area contributed by atoms with Gasteiger partial charge in [0, 0.05) is 5.56 Å². The smallest absolute Gasteiger partial charge is 0.320 e. The molecule has 116 valence electrons. The van der Waals surface area contributed by atoms with E-state index in [4.69, 9.17) is 20.3 Å². The summed E-state index contributed by atoms with van der Waals surface area (Å²) < 4.78 is 10.8. The van der Waals surface area contributed by atoms with Crippen LogP contribution in [0, 0.1) is 0 Å². The van der Waals surface area contributed by atoms with Crippen LogP contribution in [0.5, 0.6) is 11.5 Å². The van der Waals surface area contributed by atoms with Gasteiger partial charge in [-0.2, -0.15) is 0 Å². The van der Waals surface area contributed by atoms with Crippen molar-refractivity contribution < 1.29 is 19.4 Å². The van der Waals surface area contributed by atoms with Crippen molar-refractivity contribution in [3.05, 3.63) is 48.0 Å². The van der Waals surface area contributed by atoms with E-state index in [1.54, 1.807) is 20.3 Å². The lowest BCUT2D eigenvalue weighted by Gasteiger charge is -2.18. The molecule has 0 radical (unpaired) electrons. The van der Waals surface area contributed by atoms with Crippen LogP contribution < -0.4 is 15.2 Å². The molecule has 0 saturated heterocycles. The minimum atomic E-state index is -1.03. The van der Waals surface area contributed by atoms with Gasteiger partial charge in [-0.25, -0.2) is 0 Å². The molecule has 5 nitrogen and oxygen atoms in total. The van der Waals surface area contributed by atoms with Crippen LogP contribution in [0.2, 0.25) is 0 Å². The van der Waals surface area contributed by atoms with Gasteiger partial charge in [0.1, 0.15) is 6.04 Å². The molecule has 0 heterocycles. The van der Waals surface area contributed by atoms with Gasteiger partial charge in [0.25, 0.3) is 0 Å². The molecule has 0 aromatic heterocycles. The van der Waals surface area contributed by atoms with E-state index in [0.29, 0.717) is 11.5 Å². The molecule has 0 aliphatic heterocycles. The fourth-order valence-electron chi connectivity index (χ4n) is 2.38. The number of carbonyl (C=O) groups is 1. The maximum absolute atomic E-state index is 11.0. The van der Waals surface area contributed by atoms with E-state index in [0.717, 1.165) is 16.7 Å². The molecule has 0 amide bonds. The first-order valence-electron chi connectivity index (χ1n) is 6.86. The fraction of sp³-hybridized carbons (Fsp3) is 0.235. The van der Waals surface area contributed by atoms with Crippen molar-refractivity contribution in [3.8, 4) is 22.6 Å². The van der Waals surface area contributed by atoms with Gasteiger partial charge in [0.15, 0.2) is 11.5 Å². The number of methoxy groups -OCH3 is 2. The van der Waals surface area contributed by atoms with E-state index in [-0.39, 0.29) is 6.42 Å². The Morgan fingerprint density at radius 1 is 1.14 bits per heavy atom. The van der Waals surface area contributed by atoms with Crippen molar-refractivity contribution in [2.24, 2.45) is 5.73 Å². The van der Waals surface area contributed by atoms with Crippen molar-refractivity contribution in [1.29, 1.82) is 0 Å². The predicted molar refractivity (Wildman–Crippen MR) is 84.3 cm³/mol. The third-order valence-electron chi connectivity index (χ3n) is 3.45. The van der Waals surface area contributed by atoms with Crippen molar-refractivity contribution in [2.75, 3.05) is 14.2 Å². The van der Waals surface area contributed by atoms with E-state index in [1.807, 2.05) is 36.4 Å². The molecule has 0 aliphatic carbocycles. The number of rotatable bonds is 6. The second-order valence-corrected chi connectivity index (χ2v) is 4.85. The third-order valence-corrected chi connectivity index (χ3v) is 3.45. The second kappa shape index (κ2) is 6.95. The van der Waals surface area contributed by atoms with Gasteiger partial charge >= 0.3 is 5.97 Å². The van der Waals surface area contributed by atoms with Crippen LogP contribution in [0.25, 0.3) is 11.1 Å². The van der Waals surface area contributed by atoms with Crippen molar-refractivity contribution >= 4 is 5.97 Å². The minimum Gasteiger partial charge on any atom is -0.493 e. The Balaban J connectivity index is 2.60. The van der Waals surface area contributed by atoms with E-state index in [2.05, 4.69) is 0 Å². The molecule has 3 N–H and O–H groups in total. The molecular weight excluding hydrogens is 282 g/mol. The molecule has 0 spiro atoms. The summed E-state index contributed by atoms with van der Waals surface area (Å²) in [6.07, 6.45) is 0.208. The summed E-state index contributed by atoms with van der Waals surface area (Å²) in [4.78, 5) is 11.0. The predicted octanol–water partition coefficient (Wildman–Crippen LogP) is 2.33. The minimum absolute atomic E-state index is 0.208. The fourth-order valence-corrected chi connectivity index (χ4v) is 2.38. The molecule has 22 heavy (non-hydrogen) atoms. The molecule has 0 unspecified atom stereocenters. The highest BCUT2D eigenvalue weighted by Gasteiger charge is 2.20. The second-order valence-electron chi connectivity index (χ2n) is 4.85. The molecule has 0 aliphatic rings. The molecule has 0 bridgehead atoms. The Kier molecular flexibility index (Phi) is 5.01. The Labute approximate surface area is 129 Å². The normalized spacial score (nSPS) is 11.8. The SMILES string of the molecule is COc1ccc(C[C@H](N)C(=O)O)c(-c2ccccc2)c1OC. The van der Waals surface area contributed by atoms with Crippen molar-refractivity contribution in [2.45, 2.75) is 12.5 Å². The standard InChI is InChI=1S/C17H19NO4/c1-21-14-9-8-12(10-13(18)17(19)20)15(16(14)22-2)11-6-4-3-5-7-11/h3-9,13H,10,18H2,1-2H3,(H,19,20)/t13-/m0/s1. The number of hydrogen-bond acceptors (Lipinski definition) is 4. The van der Waals surface area contributed by atoms with Crippen LogP contribution in [-0.2, 0) is 11.2 Å². The highest BCUT2D eigenvalue weighted by atomic mass is 16.5. The van der Waals surface area contributed by atoms with Crippen LogP contribution in [0.3, 0.4) is 0 Å². The number of carboxylic acids is 1. The zero-order chi connectivity index (χ0) is 16.1. The van der Waals surface area contributed by atoms with Crippen LogP contribution >= 0.6 is 0 Å². The summed E-state index contributed by atoms with van der Waals surface area (Å²) >= 11 is 0. The lowest BCUT2D eigenvalue weighted by Crippen LogP contribution is -2.32. The quantitative estimate of drug-likeness (QED) is 0.855. The zero-order valence-corrected chi connectivity index (χ0v) is 12.6. The third kappa shape index (κ3) is 3.20. The van der Waals surface area contributed by atoms with Gasteiger partial charge < -0.3 is 20.3 Å². The summed E-state index contributed by atoms with van der Waals surface area (Å²) in [7, 11) is 3.13. The Morgan fingerprint density at radius 3 is 2.36 bits per heavy atom. The zero-order valence-electron chi connectivity index (χ0n) is 12.6. The Bertz CT molecular complexity index is 655. The highest BCUT2D eigenvalue weighted by Crippen LogP contribution is 2.40. The number of aliphatic carboxylic acids is 1. The number of nitrogens with two attached hydrogens (primary N) is 1. The van der Waals surface area contributed by atoms with Gasteiger partial charge in [-0.05, 0) is 23.6 Å². The first-order valence-corrected chi connectivity index (χ1v) is 6.86. The molecule has 2 aromatic rings. The number of benzene rings is 2. The lowest BCUT2D eigenvalue weighted by molar-refractivity contribution is -0.138. The van der Waals surface area contributed by atoms with E-state index in [9.17, 15) is 4.79 Å². The van der Waals surface area contributed by atoms with Gasteiger partial charge in [-0.1, -0.05) is 36.4 Å². The molecule has 2 aromatic carbocycles. The van der Waals surface area contributed by atoms with Crippen LogP contribution in [-0.4, -0.2) is 31.3 Å². The summed E-state index contributed by atoms with van der Waals surface area (Å²) in [6.45, 7) is 0. The van der Waals surface area contributed by atoms with Gasteiger partial charge in [-0.15, -0.1) is 0 Å². The van der Waals surface area contributed by atoms with Crippen LogP contribution in [0.4, 0.5) is 0 Å². The van der Waals surface area contributed by atoms with Gasteiger partial charge in [0.05, 0.1) is 14.2 Å². The van der Waals surface area contributed by atoms with E-state index >= 15 is 0 Å². The van der Waals surface area contributed by atoms with E-state index in [1.165, 1.54) is 0 Å².